The molecule has 1 N–H and O–H groups in total. The molecule has 1 amide bonds. The average Bonchev–Trinajstić information content (AvgIpc) is 2.90. The minimum atomic E-state index is -0.691. The lowest BCUT2D eigenvalue weighted by molar-refractivity contribution is -0.143. The Bertz CT molecular complexity index is 858. The summed E-state index contributed by atoms with van der Waals surface area (Å²) in [6.45, 7) is 0.591. The number of hydrogen-bond donors (Lipinski definition) is 1. The molecule has 1 aliphatic rings. The zero-order valence-electron chi connectivity index (χ0n) is 14.3. The Labute approximate surface area is 160 Å². The van der Waals surface area contributed by atoms with Gasteiger partial charge in [-0.25, -0.2) is 4.39 Å². The van der Waals surface area contributed by atoms with Crippen LogP contribution in [0.4, 0.5) is 4.39 Å². The Hall–Kier alpha value is -2.80. The van der Waals surface area contributed by atoms with E-state index in [1.54, 1.807) is 12.1 Å². The number of carbonyl (C=O) groups excluding carboxylic acids is 2. The van der Waals surface area contributed by atoms with Gasteiger partial charge in [-0.05, 0) is 29.8 Å². The van der Waals surface area contributed by atoms with Crippen molar-refractivity contribution in [1.29, 1.82) is 0 Å². The highest BCUT2D eigenvalue weighted by atomic mass is 35.5. The summed E-state index contributed by atoms with van der Waals surface area (Å²) in [7, 11) is 0. The van der Waals surface area contributed by atoms with Gasteiger partial charge in [-0.15, -0.1) is 0 Å². The van der Waals surface area contributed by atoms with Crippen LogP contribution in [-0.2, 0) is 16.1 Å². The Kier molecular flexibility index (Phi) is 6.13. The molecule has 0 unspecified atom stereocenters. The number of hydrogen-bond acceptors (Lipinski definition) is 5. The van der Waals surface area contributed by atoms with Crippen LogP contribution in [0, 0.1) is 5.82 Å². The van der Waals surface area contributed by atoms with E-state index < -0.39 is 17.7 Å². The molecule has 0 radical (unpaired) electrons. The summed E-state index contributed by atoms with van der Waals surface area (Å²) in [5, 5.41) is 2.69. The molecule has 2 aromatic carbocycles. The monoisotopic (exact) mass is 393 g/mol. The van der Waals surface area contributed by atoms with Crippen LogP contribution < -0.4 is 14.8 Å². The van der Waals surface area contributed by atoms with E-state index in [-0.39, 0.29) is 18.7 Å². The second kappa shape index (κ2) is 8.73. The first-order valence-corrected chi connectivity index (χ1v) is 8.69. The molecular formula is C19H17ClFNO5. The highest BCUT2D eigenvalue weighted by Gasteiger charge is 2.17. The molecule has 3 rings (SSSR count). The van der Waals surface area contributed by atoms with Gasteiger partial charge in [0.1, 0.15) is 19.0 Å². The number of fused-ring (bicyclic) bond motifs is 1. The van der Waals surface area contributed by atoms with Crippen molar-refractivity contribution in [3.8, 4) is 11.5 Å². The molecule has 6 nitrogen and oxygen atoms in total. The molecule has 0 atom stereocenters. The molecular weight excluding hydrogens is 377 g/mol. The third-order valence-electron chi connectivity index (χ3n) is 3.77. The van der Waals surface area contributed by atoms with Crippen LogP contribution in [0.5, 0.6) is 11.5 Å². The van der Waals surface area contributed by atoms with E-state index >= 15 is 0 Å². The van der Waals surface area contributed by atoms with E-state index in [1.807, 2.05) is 0 Å². The summed E-state index contributed by atoms with van der Waals surface area (Å²) in [6, 6.07) is 8.82. The smallest absolute Gasteiger partial charge is 0.325 e. The third kappa shape index (κ3) is 4.89. The first-order valence-electron chi connectivity index (χ1n) is 8.31. The van der Waals surface area contributed by atoms with Gasteiger partial charge in [0, 0.05) is 6.42 Å². The molecule has 0 aliphatic carbocycles. The lowest BCUT2D eigenvalue weighted by atomic mass is 10.2. The normalized spacial score (nSPS) is 12.8. The zero-order chi connectivity index (χ0) is 19.2. The maximum atomic E-state index is 13.5. The fourth-order valence-corrected chi connectivity index (χ4v) is 2.76. The molecule has 0 aromatic heterocycles. The zero-order valence-corrected chi connectivity index (χ0v) is 15.1. The molecule has 8 heteroatoms. The van der Waals surface area contributed by atoms with E-state index in [0.717, 1.165) is 6.42 Å². The lowest BCUT2D eigenvalue weighted by Crippen LogP contribution is -2.31. The first-order chi connectivity index (χ1) is 13.0. The van der Waals surface area contributed by atoms with E-state index in [4.69, 9.17) is 25.8 Å². The van der Waals surface area contributed by atoms with Gasteiger partial charge in [0.25, 0.3) is 5.91 Å². The lowest BCUT2D eigenvalue weighted by Gasteiger charge is -2.12. The Morgan fingerprint density at radius 3 is 2.78 bits per heavy atom. The Balaban J connectivity index is 1.53. The van der Waals surface area contributed by atoms with Gasteiger partial charge in [-0.2, -0.15) is 0 Å². The standard InChI is InChI=1S/C19H17ClFNO5/c20-14-8-12(9-16-18(14)26-7-3-6-25-16)11-27-17(23)10-22-19(24)13-4-1-2-5-15(13)21/h1-2,4-5,8-9H,3,6-7,10-11H2,(H,22,24). The minimum Gasteiger partial charge on any atom is -0.489 e. The fraction of sp³-hybridized carbons (Fsp3) is 0.263. The molecule has 0 saturated carbocycles. The largest absolute Gasteiger partial charge is 0.489 e. The summed E-state index contributed by atoms with van der Waals surface area (Å²) in [5.41, 5.74) is 0.484. The maximum Gasteiger partial charge on any atom is 0.325 e. The molecule has 1 aliphatic heterocycles. The van der Waals surface area contributed by atoms with Crippen molar-refractivity contribution >= 4 is 23.5 Å². The number of ether oxygens (including phenoxy) is 3. The van der Waals surface area contributed by atoms with E-state index in [1.165, 1.54) is 24.3 Å². The molecule has 0 saturated heterocycles. The van der Waals surface area contributed by atoms with Crippen LogP contribution in [0.1, 0.15) is 22.3 Å². The number of carbonyl (C=O) groups is 2. The number of nitrogens with one attached hydrogen (secondary N) is 1. The maximum absolute atomic E-state index is 13.5. The van der Waals surface area contributed by atoms with Gasteiger partial charge in [-0.3, -0.25) is 9.59 Å². The number of halogens is 2. The van der Waals surface area contributed by atoms with Crippen molar-refractivity contribution < 1.29 is 28.2 Å². The van der Waals surface area contributed by atoms with Crippen LogP contribution in [0.3, 0.4) is 0 Å². The Morgan fingerprint density at radius 1 is 1.19 bits per heavy atom. The van der Waals surface area contributed by atoms with Crippen molar-refractivity contribution in [3.63, 3.8) is 0 Å². The Morgan fingerprint density at radius 2 is 1.96 bits per heavy atom. The predicted octanol–water partition coefficient (Wildman–Crippen LogP) is 3.11. The van der Waals surface area contributed by atoms with Crippen molar-refractivity contribution in [1.82, 2.24) is 5.32 Å². The number of rotatable bonds is 5. The van der Waals surface area contributed by atoms with Gasteiger partial charge in [0.2, 0.25) is 0 Å². The summed E-state index contributed by atoms with van der Waals surface area (Å²) < 4.78 is 29.8. The number of benzene rings is 2. The molecule has 0 spiro atoms. The quantitative estimate of drug-likeness (QED) is 0.790. The van der Waals surface area contributed by atoms with Gasteiger partial charge in [0.05, 0.1) is 23.8 Å². The van der Waals surface area contributed by atoms with E-state index in [2.05, 4.69) is 5.32 Å². The molecule has 0 fully saturated rings. The van der Waals surface area contributed by atoms with E-state index in [0.29, 0.717) is 35.3 Å². The van der Waals surface area contributed by atoms with Crippen molar-refractivity contribution in [2.24, 2.45) is 0 Å². The van der Waals surface area contributed by atoms with Crippen LogP contribution in [0.15, 0.2) is 36.4 Å². The second-order valence-corrected chi connectivity index (χ2v) is 6.19. The van der Waals surface area contributed by atoms with Crippen LogP contribution in [-0.4, -0.2) is 31.6 Å². The van der Waals surface area contributed by atoms with Gasteiger partial charge in [0.15, 0.2) is 11.5 Å². The predicted molar refractivity (Wildman–Crippen MR) is 95.6 cm³/mol. The number of esters is 1. The first kappa shape index (κ1) is 19.0. The highest BCUT2D eigenvalue weighted by Crippen LogP contribution is 2.38. The molecule has 142 valence electrons. The summed E-state index contributed by atoms with van der Waals surface area (Å²) >= 11 is 6.18. The van der Waals surface area contributed by atoms with Gasteiger partial charge >= 0.3 is 5.97 Å². The minimum absolute atomic E-state index is 0.0508. The molecule has 1 heterocycles. The van der Waals surface area contributed by atoms with Crippen molar-refractivity contribution in [3.05, 3.63) is 58.4 Å². The van der Waals surface area contributed by atoms with Crippen molar-refractivity contribution in [2.45, 2.75) is 13.0 Å². The summed E-state index contributed by atoms with van der Waals surface area (Å²) in [5.74, 6) is -1.04. The summed E-state index contributed by atoms with van der Waals surface area (Å²) in [4.78, 5) is 23.7. The second-order valence-electron chi connectivity index (χ2n) is 5.78. The summed E-state index contributed by atoms with van der Waals surface area (Å²) in [6.07, 6.45) is 0.747. The van der Waals surface area contributed by atoms with Crippen molar-refractivity contribution in [2.75, 3.05) is 19.8 Å². The molecule has 27 heavy (non-hydrogen) atoms. The fourth-order valence-electron chi connectivity index (χ4n) is 2.48. The highest BCUT2D eigenvalue weighted by molar-refractivity contribution is 6.32. The molecule has 0 bridgehead atoms. The third-order valence-corrected chi connectivity index (χ3v) is 4.05. The van der Waals surface area contributed by atoms with Gasteiger partial charge < -0.3 is 19.5 Å². The van der Waals surface area contributed by atoms with E-state index in [9.17, 15) is 14.0 Å². The average molecular weight is 394 g/mol. The van der Waals surface area contributed by atoms with Crippen LogP contribution >= 0.6 is 11.6 Å². The van der Waals surface area contributed by atoms with Crippen LogP contribution in [0.2, 0.25) is 5.02 Å². The van der Waals surface area contributed by atoms with Crippen LogP contribution in [0.25, 0.3) is 0 Å². The topological polar surface area (TPSA) is 73.9 Å². The number of amides is 1. The van der Waals surface area contributed by atoms with Gasteiger partial charge in [-0.1, -0.05) is 23.7 Å². The molecule has 2 aromatic rings. The SMILES string of the molecule is O=C(CNC(=O)c1ccccc1F)OCc1cc(Cl)c2c(c1)OCCCO2.